The van der Waals surface area contributed by atoms with E-state index in [1.807, 2.05) is 0 Å². The summed E-state index contributed by atoms with van der Waals surface area (Å²) in [7, 11) is 1.53. The highest BCUT2D eigenvalue weighted by atomic mass is 79.9. The largest absolute Gasteiger partial charge is 0.313 e. The average molecular weight is 362 g/mol. The monoisotopic (exact) mass is 361 g/mol. The molecule has 2 aromatic rings. The van der Waals surface area contributed by atoms with Crippen LogP contribution >= 0.6 is 15.9 Å². The molecule has 112 valence electrons. The van der Waals surface area contributed by atoms with Gasteiger partial charge in [0, 0.05) is 23.7 Å². The van der Waals surface area contributed by atoms with Crippen molar-refractivity contribution in [2.45, 2.75) is 12.5 Å². The second kappa shape index (κ2) is 6.58. The van der Waals surface area contributed by atoms with Gasteiger partial charge < -0.3 is 5.32 Å². The smallest absolute Gasteiger partial charge is 0.137 e. The first kappa shape index (κ1) is 16.0. The maximum Gasteiger partial charge on any atom is 0.137 e. The Kier molecular flexibility index (Phi) is 5.00. The Morgan fingerprint density at radius 2 is 1.67 bits per heavy atom. The third-order valence-electron chi connectivity index (χ3n) is 3.20. The van der Waals surface area contributed by atoms with Crippen LogP contribution < -0.4 is 5.32 Å². The predicted molar refractivity (Wildman–Crippen MR) is 75.9 cm³/mol. The van der Waals surface area contributed by atoms with Gasteiger partial charge in [-0.3, -0.25) is 0 Å². The minimum Gasteiger partial charge on any atom is -0.313 e. The predicted octanol–water partition coefficient (Wildman–Crippen LogP) is 4.51. The Morgan fingerprint density at radius 1 is 1.05 bits per heavy atom. The summed E-state index contributed by atoms with van der Waals surface area (Å²) in [5.74, 6) is -3.38. The first-order chi connectivity index (χ1) is 9.93. The van der Waals surface area contributed by atoms with Crippen LogP contribution in [0.3, 0.4) is 0 Å². The second-order valence-electron chi connectivity index (χ2n) is 4.54. The molecule has 1 N–H and O–H groups in total. The molecule has 1 nitrogen and oxygen atoms in total. The minimum absolute atomic E-state index is 0.147. The highest BCUT2D eigenvalue weighted by Gasteiger charge is 2.21. The summed E-state index contributed by atoms with van der Waals surface area (Å²) < 4.78 is 54.3. The SMILES string of the molecule is CNC(Cc1cccc(F)c1Br)c1c(F)cc(F)cc1F. The molecule has 0 saturated heterocycles. The van der Waals surface area contributed by atoms with Gasteiger partial charge in [0.2, 0.25) is 0 Å². The van der Waals surface area contributed by atoms with E-state index in [1.165, 1.54) is 19.2 Å². The summed E-state index contributed by atoms with van der Waals surface area (Å²) in [5.41, 5.74) is 0.285. The molecule has 0 fully saturated rings. The van der Waals surface area contributed by atoms with Gasteiger partial charge in [0.25, 0.3) is 0 Å². The topological polar surface area (TPSA) is 12.0 Å². The van der Waals surface area contributed by atoms with E-state index in [-0.39, 0.29) is 16.5 Å². The van der Waals surface area contributed by atoms with Gasteiger partial charge in [0.15, 0.2) is 0 Å². The van der Waals surface area contributed by atoms with Gasteiger partial charge in [0.05, 0.1) is 4.47 Å². The molecule has 1 unspecified atom stereocenters. The van der Waals surface area contributed by atoms with Crippen molar-refractivity contribution in [3.05, 3.63) is 69.2 Å². The van der Waals surface area contributed by atoms with Gasteiger partial charge >= 0.3 is 0 Å². The molecule has 0 heterocycles. The van der Waals surface area contributed by atoms with Crippen molar-refractivity contribution >= 4 is 15.9 Å². The molecular weight excluding hydrogens is 350 g/mol. The highest BCUT2D eigenvalue weighted by molar-refractivity contribution is 9.10. The summed E-state index contributed by atoms with van der Waals surface area (Å²) in [6, 6.07) is 4.95. The lowest BCUT2D eigenvalue weighted by Crippen LogP contribution is -2.22. The van der Waals surface area contributed by atoms with E-state index in [9.17, 15) is 17.6 Å². The third kappa shape index (κ3) is 3.44. The Morgan fingerprint density at radius 3 is 2.24 bits per heavy atom. The van der Waals surface area contributed by atoms with Crippen LogP contribution in [0, 0.1) is 23.3 Å². The van der Waals surface area contributed by atoms with Crippen molar-refractivity contribution in [2.24, 2.45) is 0 Å². The number of benzene rings is 2. The normalized spacial score (nSPS) is 12.5. The van der Waals surface area contributed by atoms with Gasteiger partial charge in [-0.05, 0) is 41.0 Å². The number of hydrogen-bond acceptors (Lipinski definition) is 1. The van der Waals surface area contributed by atoms with Gasteiger partial charge in [0.1, 0.15) is 23.3 Å². The van der Waals surface area contributed by atoms with Gasteiger partial charge in [-0.2, -0.15) is 0 Å². The van der Waals surface area contributed by atoms with Gasteiger partial charge in [-0.15, -0.1) is 0 Å². The maximum atomic E-state index is 13.8. The van der Waals surface area contributed by atoms with Crippen molar-refractivity contribution in [1.29, 1.82) is 0 Å². The van der Waals surface area contributed by atoms with E-state index in [0.29, 0.717) is 17.7 Å². The number of rotatable bonds is 4. The Labute approximate surface area is 128 Å². The molecule has 2 aromatic carbocycles. The van der Waals surface area contributed by atoms with Crippen LogP contribution in [0.2, 0.25) is 0 Å². The fourth-order valence-corrected chi connectivity index (χ4v) is 2.59. The van der Waals surface area contributed by atoms with Crippen LogP contribution in [0.15, 0.2) is 34.8 Å². The van der Waals surface area contributed by atoms with E-state index in [0.717, 1.165) is 0 Å². The molecular formula is C15H12BrF4N. The van der Waals surface area contributed by atoms with Crippen molar-refractivity contribution in [1.82, 2.24) is 5.32 Å². The van der Waals surface area contributed by atoms with E-state index < -0.39 is 29.3 Å². The van der Waals surface area contributed by atoms with Gasteiger partial charge in [-0.25, -0.2) is 17.6 Å². The van der Waals surface area contributed by atoms with E-state index >= 15 is 0 Å². The first-order valence-electron chi connectivity index (χ1n) is 6.18. The Hall–Kier alpha value is -1.40. The minimum atomic E-state index is -0.976. The summed E-state index contributed by atoms with van der Waals surface area (Å²) in [6.07, 6.45) is 0.147. The van der Waals surface area contributed by atoms with Crippen LogP contribution in [-0.2, 0) is 6.42 Å². The van der Waals surface area contributed by atoms with Crippen LogP contribution in [0.4, 0.5) is 17.6 Å². The van der Waals surface area contributed by atoms with Crippen LogP contribution in [0.1, 0.15) is 17.2 Å². The molecule has 0 saturated carbocycles. The van der Waals surface area contributed by atoms with E-state index in [4.69, 9.17) is 0 Å². The summed E-state index contributed by atoms with van der Waals surface area (Å²) in [5, 5.41) is 2.77. The molecule has 0 radical (unpaired) electrons. The summed E-state index contributed by atoms with van der Waals surface area (Å²) >= 11 is 3.11. The van der Waals surface area contributed by atoms with Crippen molar-refractivity contribution < 1.29 is 17.6 Å². The van der Waals surface area contributed by atoms with E-state index in [1.54, 1.807) is 6.07 Å². The van der Waals surface area contributed by atoms with Gasteiger partial charge in [-0.1, -0.05) is 12.1 Å². The standard InChI is InChI=1S/C15H12BrF4N/c1-21-13(5-8-3-2-4-10(18)15(8)16)14-11(19)6-9(17)7-12(14)20/h2-4,6-7,13,21H,5H2,1H3. The molecule has 21 heavy (non-hydrogen) atoms. The fraction of sp³-hybridized carbons (Fsp3) is 0.200. The molecule has 0 aromatic heterocycles. The van der Waals surface area contributed by atoms with Crippen LogP contribution in [-0.4, -0.2) is 7.05 Å². The second-order valence-corrected chi connectivity index (χ2v) is 5.33. The molecule has 6 heteroatoms. The van der Waals surface area contributed by atoms with Crippen molar-refractivity contribution in [3.8, 4) is 0 Å². The Balaban J connectivity index is 2.39. The van der Waals surface area contributed by atoms with E-state index in [2.05, 4.69) is 21.2 Å². The molecule has 0 amide bonds. The van der Waals surface area contributed by atoms with Crippen LogP contribution in [0.5, 0.6) is 0 Å². The lowest BCUT2D eigenvalue weighted by atomic mass is 9.98. The number of hydrogen-bond donors (Lipinski definition) is 1. The van der Waals surface area contributed by atoms with Crippen LogP contribution in [0.25, 0.3) is 0 Å². The lowest BCUT2D eigenvalue weighted by Gasteiger charge is -2.19. The molecule has 0 aliphatic carbocycles. The number of halogens is 5. The lowest BCUT2D eigenvalue weighted by molar-refractivity contribution is 0.474. The molecule has 0 spiro atoms. The summed E-state index contributed by atoms with van der Waals surface area (Å²) in [4.78, 5) is 0. The number of nitrogens with one attached hydrogen (secondary N) is 1. The first-order valence-corrected chi connectivity index (χ1v) is 6.98. The fourth-order valence-electron chi connectivity index (χ4n) is 2.16. The van der Waals surface area contributed by atoms with Crippen molar-refractivity contribution in [3.63, 3.8) is 0 Å². The zero-order valence-electron chi connectivity index (χ0n) is 11.1. The zero-order valence-corrected chi connectivity index (χ0v) is 12.6. The Bertz CT molecular complexity index is 637. The van der Waals surface area contributed by atoms with Crippen molar-refractivity contribution in [2.75, 3.05) is 7.05 Å². The molecule has 0 aliphatic heterocycles. The summed E-state index contributed by atoms with van der Waals surface area (Å²) in [6.45, 7) is 0. The average Bonchev–Trinajstić information content (AvgIpc) is 2.41. The zero-order chi connectivity index (χ0) is 15.6. The highest BCUT2D eigenvalue weighted by Crippen LogP contribution is 2.28. The molecule has 2 rings (SSSR count). The number of likely N-dealkylation sites (N-methyl/N-ethyl adjacent to an activating group) is 1. The quantitative estimate of drug-likeness (QED) is 0.790. The molecule has 1 atom stereocenters. The molecule has 0 aliphatic rings. The molecule has 0 bridgehead atoms. The third-order valence-corrected chi connectivity index (χ3v) is 4.08. The maximum absolute atomic E-state index is 13.8.